The maximum absolute atomic E-state index is 13.3. The van der Waals surface area contributed by atoms with Gasteiger partial charge >= 0.3 is 0 Å². The SMILES string of the molecule is Fc1cc(F)cc(C2CCON2c2ncnc(Cl)n2)c1. The summed E-state index contributed by atoms with van der Waals surface area (Å²) in [5.74, 6) is -1.07. The Balaban J connectivity index is 1.96. The van der Waals surface area contributed by atoms with Gasteiger partial charge < -0.3 is 0 Å². The highest BCUT2D eigenvalue weighted by molar-refractivity contribution is 6.28. The van der Waals surface area contributed by atoms with Crippen molar-refractivity contribution >= 4 is 17.5 Å². The molecule has 0 aliphatic carbocycles. The fourth-order valence-corrected chi connectivity index (χ4v) is 2.23. The lowest BCUT2D eigenvalue weighted by Gasteiger charge is -2.22. The molecule has 0 amide bonds. The van der Waals surface area contributed by atoms with Gasteiger partial charge in [-0.05, 0) is 29.3 Å². The van der Waals surface area contributed by atoms with Crippen molar-refractivity contribution in [2.45, 2.75) is 12.5 Å². The molecule has 1 fully saturated rings. The minimum Gasteiger partial charge on any atom is -0.270 e. The zero-order chi connectivity index (χ0) is 14.1. The van der Waals surface area contributed by atoms with Gasteiger partial charge in [-0.1, -0.05) is 0 Å². The summed E-state index contributed by atoms with van der Waals surface area (Å²) < 4.78 is 26.6. The van der Waals surface area contributed by atoms with Crippen LogP contribution in [-0.4, -0.2) is 21.6 Å². The van der Waals surface area contributed by atoms with Gasteiger partial charge in [-0.3, -0.25) is 4.84 Å². The fourth-order valence-electron chi connectivity index (χ4n) is 2.11. The van der Waals surface area contributed by atoms with Gasteiger partial charge in [-0.2, -0.15) is 9.97 Å². The van der Waals surface area contributed by atoms with Gasteiger partial charge in [0.05, 0.1) is 12.6 Å². The van der Waals surface area contributed by atoms with E-state index in [9.17, 15) is 8.78 Å². The van der Waals surface area contributed by atoms with Crippen LogP contribution in [0.1, 0.15) is 18.0 Å². The van der Waals surface area contributed by atoms with E-state index in [4.69, 9.17) is 16.4 Å². The van der Waals surface area contributed by atoms with Crippen LogP contribution in [-0.2, 0) is 4.84 Å². The van der Waals surface area contributed by atoms with Crippen molar-refractivity contribution in [1.82, 2.24) is 15.0 Å². The Labute approximate surface area is 118 Å². The normalized spacial score (nSPS) is 18.6. The highest BCUT2D eigenvalue weighted by Gasteiger charge is 2.30. The molecule has 20 heavy (non-hydrogen) atoms. The largest absolute Gasteiger partial charge is 0.270 e. The molecule has 0 bridgehead atoms. The molecule has 0 N–H and O–H groups in total. The first-order valence-electron chi connectivity index (χ1n) is 5.86. The first kappa shape index (κ1) is 13.1. The third-order valence-corrected chi connectivity index (χ3v) is 3.08. The number of halogens is 3. The summed E-state index contributed by atoms with van der Waals surface area (Å²) in [5.41, 5.74) is 0.455. The molecule has 0 spiro atoms. The molecule has 1 unspecified atom stereocenters. The Hall–Kier alpha value is -1.86. The quantitative estimate of drug-likeness (QED) is 0.853. The highest BCUT2D eigenvalue weighted by Crippen LogP contribution is 2.33. The van der Waals surface area contributed by atoms with Gasteiger partial charge in [0, 0.05) is 12.5 Å². The molecule has 1 aliphatic heterocycles. The zero-order valence-corrected chi connectivity index (χ0v) is 10.9. The zero-order valence-electron chi connectivity index (χ0n) is 10.1. The maximum Gasteiger partial charge on any atom is 0.254 e. The van der Waals surface area contributed by atoms with E-state index in [0.29, 0.717) is 18.6 Å². The maximum atomic E-state index is 13.3. The van der Waals surface area contributed by atoms with Gasteiger partial charge in [0.2, 0.25) is 5.28 Å². The molecule has 1 aliphatic rings. The van der Waals surface area contributed by atoms with E-state index in [1.165, 1.54) is 23.5 Å². The lowest BCUT2D eigenvalue weighted by atomic mass is 10.0. The fraction of sp³-hybridized carbons (Fsp3) is 0.250. The second kappa shape index (κ2) is 5.26. The van der Waals surface area contributed by atoms with Crippen molar-refractivity contribution in [3.05, 3.63) is 47.0 Å². The van der Waals surface area contributed by atoms with Gasteiger partial charge in [-0.25, -0.2) is 18.8 Å². The summed E-state index contributed by atoms with van der Waals surface area (Å²) in [6, 6.07) is 2.97. The average Bonchev–Trinajstić information content (AvgIpc) is 2.86. The molecular formula is C12H9ClF2N4O. The van der Waals surface area contributed by atoms with Crippen LogP contribution in [0.3, 0.4) is 0 Å². The summed E-state index contributed by atoms with van der Waals surface area (Å²) in [5, 5.41) is 1.41. The molecule has 8 heteroatoms. The lowest BCUT2D eigenvalue weighted by molar-refractivity contribution is 0.154. The molecule has 3 rings (SSSR count). The van der Waals surface area contributed by atoms with Crippen LogP contribution in [0.4, 0.5) is 14.7 Å². The van der Waals surface area contributed by atoms with E-state index >= 15 is 0 Å². The number of aromatic nitrogens is 3. The Morgan fingerprint density at radius 2 is 1.95 bits per heavy atom. The van der Waals surface area contributed by atoms with Crippen LogP contribution in [0, 0.1) is 11.6 Å². The van der Waals surface area contributed by atoms with Crippen molar-refractivity contribution in [1.29, 1.82) is 0 Å². The summed E-state index contributed by atoms with van der Waals surface area (Å²) in [4.78, 5) is 17.0. The molecule has 1 atom stereocenters. The molecule has 1 saturated heterocycles. The topological polar surface area (TPSA) is 51.1 Å². The van der Waals surface area contributed by atoms with Crippen LogP contribution >= 0.6 is 11.6 Å². The lowest BCUT2D eigenvalue weighted by Crippen LogP contribution is -2.23. The molecule has 1 aromatic carbocycles. The van der Waals surface area contributed by atoms with E-state index in [1.54, 1.807) is 0 Å². The van der Waals surface area contributed by atoms with E-state index in [0.717, 1.165) is 6.07 Å². The molecule has 104 valence electrons. The number of nitrogens with zero attached hydrogens (tertiary/aromatic N) is 4. The number of rotatable bonds is 2. The van der Waals surface area contributed by atoms with Gasteiger partial charge in [-0.15, -0.1) is 0 Å². The van der Waals surface area contributed by atoms with Gasteiger partial charge in [0.25, 0.3) is 5.95 Å². The van der Waals surface area contributed by atoms with E-state index in [1.807, 2.05) is 0 Å². The van der Waals surface area contributed by atoms with Crippen LogP contribution in [0.5, 0.6) is 0 Å². The summed E-state index contributed by atoms with van der Waals surface area (Å²) in [6.07, 6.45) is 1.81. The highest BCUT2D eigenvalue weighted by atomic mass is 35.5. The average molecular weight is 299 g/mol. The number of benzene rings is 1. The van der Waals surface area contributed by atoms with Crippen molar-refractivity contribution in [3.8, 4) is 0 Å². The number of anilines is 1. The Morgan fingerprint density at radius 1 is 1.20 bits per heavy atom. The second-order valence-electron chi connectivity index (χ2n) is 4.22. The van der Waals surface area contributed by atoms with Crippen molar-refractivity contribution < 1.29 is 13.6 Å². The van der Waals surface area contributed by atoms with E-state index in [-0.39, 0.29) is 17.3 Å². The monoisotopic (exact) mass is 298 g/mol. The number of hydrogen-bond acceptors (Lipinski definition) is 5. The van der Waals surface area contributed by atoms with Crippen LogP contribution < -0.4 is 5.06 Å². The smallest absolute Gasteiger partial charge is 0.254 e. The standard InChI is InChI=1S/C12H9ClF2N4O/c13-11-16-6-17-12(18-11)19-10(1-2-20-19)7-3-8(14)5-9(15)4-7/h3-6,10H,1-2H2. The van der Waals surface area contributed by atoms with E-state index < -0.39 is 11.6 Å². The second-order valence-corrected chi connectivity index (χ2v) is 4.56. The van der Waals surface area contributed by atoms with Crippen molar-refractivity contribution in [2.75, 3.05) is 11.7 Å². The third kappa shape index (κ3) is 2.54. The van der Waals surface area contributed by atoms with Crippen molar-refractivity contribution in [3.63, 3.8) is 0 Å². The number of hydroxylamine groups is 1. The van der Waals surface area contributed by atoms with E-state index in [2.05, 4.69) is 15.0 Å². The molecule has 2 heterocycles. The minimum atomic E-state index is -0.638. The molecule has 2 aromatic rings. The predicted molar refractivity (Wildman–Crippen MR) is 67.0 cm³/mol. The first-order chi connectivity index (χ1) is 9.63. The summed E-state index contributed by atoms with van der Waals surface area (Å²) >= 11 is 5.70. The molecular weight excluding hydrogens is 290 g/mol. The molecule has 0 saturated carbocycles. The number of hydrogen-bond donors (Lipinski definition) is 0. The Kier molecular flexibility index (Phi) is 3.45. The molecule has 1 aromatic heterocycles. The predicted octanol–water partition coefficient (Wildman–Crippen LogP) is 2.69. The Morgan fingerprint density at radius 3 is 2.65 bits per heavy atom. The van der Waals surface area contributed by atoms with Crippen molar-refractivity contribution in [2.24, 2.45) is 0 Å². The van der Waals surface area contributed by atoms with Crippen LogP contribution in [0.15, 0.2) is 24.5 Å². The molecule has 5 nitrogen and oxygen atoms in total. The van der Waals surface area contributed by atoms with Crippen LogP contribution in [0.25, 0.3) is 0 Å². The van der Waals surface area contributed by atoms with Crippen LogP contribution in [0.2, 0.25) is 5.28 Å². The summed E-state index contributed by atoms with van der Waals surface area (Å²) in [7, 11) is 0. The Bertz CT molecular complexity index is 622. The minimum absolute atomic E-state index is 0.0228. The van der Waals surface area contributed by atoms with Gasteiger partial charge in [0.15, 0.2) is 0 Å². The molecule has 0 radical (unpaired) electrons. The third-order valence-electron chi connectivity index (χ3n) is 2.90. The first-order valence-corrected chi connectivity index (χ1v) is 6.24. The van der Waals surface area contributed by atoms with Gasteiger partial charge in [0.1, 0.15) is 18.0 Å². The summed E-state index contributed by atoms with van der Waals surface area (Å²) in [6.45, 7) is 0.395.